The summed E-state index contributed by atoms with van der Waals surface area (Å²) in [5.41, 5.74) is 0.388. The Hall–Kier alpha value is -0.230. The minimum atomic E-state index is -0.707. The fourth-order valence-corrected chi connectivity index (χ4v) is 5.34. The number of hydrogen-bond acceptors (Lipinski definition) is 4. The molecule has 3 aliphatic rings. The van der Waals surface area contributed by atoms with Crippen LogP contribution in [0.3, 0.4) is 0 Å². The number of hydrogen-bond donors (Lipinski definition) is 0. The van der Waals surface area contributed by atoms with Gasteiger partial charge in [0.1, 0.15) is 6.17 Å². The van der Waals surface area contributed by atoms with E-state index in [4.69, 9.17) is 0 Å². The van der Waals surface area contributed by atoms with Crippen LogP contribution in [0.2, 0.25) is 0 Å². The summed E-state index contributed by atoms with van der Waals surface area (Å²) in [5.74, 6) is 0.842. The molecule has 0 radical (unpaired) electrons. The molecule has 164 valence electrons. The summed E-state index contributed by atoms with van der Waals surface area (Å²) in [5, 5.41) is 0. The number of halogens is 1. The Labute approximate surface area is 173 Å². The number of piperazine rings is 1. The molecule has 3 heterocycles. The number of nitrogens with zero attached hydrogens (tertiary/aromatic N) is 4. The first-order chi connectivity index (χ1) is 13.0. The van der Waals surface area contributed by atoms with Gasteiger partial charge in [0.25, 0.3) is 0 Å². The predicted octanol–water partition coefficient (Wildman–Crippen LogP) is 3.33. The lowest BCUT2D eigenvalue weighted by atomic mass is 9.92. The Bertz CT molecular complexity index is 482. The van der Waals surface area contributed by atoms with Gasteiger partial charge < -0.3 is 4.90 Å². The van der Waals surface area contributed by atoms with E-state index in [0.717, 1.165) is 45.1 Å². The number of piperidine rings is 2. The average Bonchev–Trinajstić information content (AvgIpc) is 2.61. The van der Waals surface area contributed by atoms with Crippen LogP contribution < -0.4 is 0 Å². The van der Waals surface area contributed by atoms with Crippen molar-refractivity contribution in [3.63, 3.8) is 0 Å². The van der Waals surface area contributed by atoms with Crippen LogP contribution in [-0.4, -0.2) is 102 Å². The molecule has 0 spiro atoms. The van der Waals surface area contributed by atoms with E-state index in [1.165, 1.54) is 32.5 Å². The van der Waals surface area contributed by atoms with E-state index in [1.54, 1.807) is 0 Å². The molecule has 0 saturated carbocycles. The van der Waals surface area contributed by atoms with Crippen LogP contribution in [-0.2, 0) is 0 Å². The van der Waals surface area contributed by atoms with Crippen molar-refractivity contribution in [2.24, 2.45) is 5.92 Å². The van der Waals surface area contributed by atoms with Gasteiger partial charge in [-0.1, -0.05) is 0 Å². The van der Waals surface area contributed by atoms with Gasteiger partial charge in [0.2, 0.25) is 0 Å². The molecule has 0 aromatic rings. The van der Waals surface area contributed by atoms with Crippen molar-refractivity contribution < 1.29 is 4.39 Å². The highest BCUT2D eigenvalue weighted by Gasteiger charge is 2.38. The van der Waals surface area contributed by atoms with Gasteiger partial charge in [-0.15, -0.1) is 0 Å². The van der Waals surface area contributed by atoms with E-state index in [9.17, 15) is 4.39 Å². The Morgan fingerprint density at radius 3 is 1.75 bits per heavy atom. The summed E-state index contributed by atoms with van der Waals surface area (Å²) < 4.78 is 14.9. The van der Waals surface area contributed by atoms with Crippen LogP contribution in [0.5, 0.6) is 0 Å². The molecule has 0 aromatic heterocycles. The van der Waals surface area contributed by atoms with E-state index in [1.807, 2.05) is 0 Å². The molecule has 0 aromatic carbocycles. The van der Waals surface area contributed by atoms with Crippen molar-refractivity contribution in [2.45, 2.75) is 84.1 Å². The fraction of sp³-hybridized carbons (Fsp3) is 1.00. The Morgan fingerprint density at radius 1 is 0.714 bits per heavy atom. The summed E-state index contributed by atoms with van der Waals surface area (Å²) in [6.45, 7) is 23.3. The molecule has 3 aliphatic heterocycles. The van der Waals surface area contributed by atoms with Crippen molar-refractivity contribution >= 4 is 0 Å². The molecule has 4 nitrogen and oxygen atoms in total. The lowest BCUT2D eigenvalue weighted by molar-refractivity contribution is -0.0200. The van der Waals surface area contributed by atoms with Crippen LogP contribution in [0.25, 0.3) is 0 Å². The zero-order chi connectivity index (χ0) is 20.5. The smallest absolute Gasteiger partial charge is 0.128 e. The van der Waals surface area contributed by atoms with E-state index in [-0.39, 0.29) is 11.6 Å². The molecule has 2 atom stereocenters. The molecule has 5 heteroatoms. The van der Waals surface area contributed by atoms with E-state index in [2.05, 4.69) is 61.1 Å². The number of rotatable bonds is 3. The Morgan fingerprint density at radius 2 is 1.25 bits per heavy atom. The maximum absolute atomic E-state index is 14.9. The summed E-state index contributed by atoms with van der Waals surface area (Å²) in [4.78, 5) is 10.0. The molecule has 3 saturated heterocycles. The molecular formula is C23H45FN4. The summed E-state index contributed by atoms with van der Waals surface area (Å²) in [6, 6.07) is 0.135. The first-order valence-electron chi connectivity index (χ1n) is 11.6. The number of likely N-dealkylation sites (tertiary alicyclic amines) is 2. The van der Waals surface area contributed by atoms with E-state index < -0.39 is 6.17 Å². The van der Waals surface area contributed by atoms with Gasteiger partial charge in [0, 0.05) is 62.9 Å². The molecule has 28 heavy (non-hydrogen) atoms. The van der Waals surface area contributed by atoms with Crippen LogP contribution in [0.4, 0.5) is 4.39 Å². The molecular weight excluding hydrogens is 351 g/mol. The second-order valence-electron chi connectivity index (χ2n) is 11.4. The Balaban J connectivity index is 1.40. The quantitative estimate of drug-likeness (QED) is 0.725. The lowest BCUT2D eigenvalue weighted by Gasteiger charge is -2.48. The summed E-state index contributed by atoms with van der Waals surface area (Å²) in [6.07, 6.45) is 2.93. The topological polar surface area (TPSA) is 13.0 Å². The third-order valence-electron chi connectivity index (χ3n) is 7.41. The zero-order valence-electron chi connectivity index (χ0n) is 19.4. The highest BCUT2D eigenvalue weighted by Crippen LogP contribution is 2.27. The van der Waals surface area contributed by atoms with E-state index in [0.29, 0.717) is 12.1 Å². The van der Waals surface area contributed by atoms with Gasteiger partial charge in [0.15, 0.2) is 0 Å². The standard InChI is InChI=1S/C23H45FN4/c1-22(2,3)27-10-7-19(8-11-27)17-25-13-15-26(16-14-25)21-9-12-28(18-20(21)24)23(4,5)6/h19-21H,7-18H2,1-6H3. The van der Waals surface area contributed by atoms with Crippen LogP contribution in [0.1, 0.15) is 60.8 Å². The second-order valence-corrected chi connectivity index (χ2v) is 11.4. The predicted molar refractivity (Wildman–Crippen MR) is 117 cm³/mol. The third-order valence-corrected chi connectivity index (χ3v) is 7.41. The molecule has 2 unspecified atom stereocenters. The largest absolute Gasteiger partial charge is 0.301 e. The molecule has 3 rings (SSSR count). The number of alkyl halides is 1. The van der Waals surface area contributed by atoms with Crippen LogP contribution in [0.15, 0.2) is 0 Å². The average molecular weight is 397 g/mol. The monoisotopic (exact) mass is 396 g/mol. The zero-order valence-corrected chi connectivity index (χ0v) is 19.4. The lowest BCUT2D eigenvalue weighted by Crippen LogP contribution is -2.60. The highest BCUT2D eigenvalue weighted by molar-refractivity contribution is 4.93. The van der Waals surface area contributed by atoms with Crippen molar-refractivity contribution in [1.29, 1.82) is 0 Å². The molecule has 0 aliphatic carbocycles. The van der Waals surface area contributed by atoms with Gasteiger partial charge in [0.05, 0.1) is 0 Å². The van der Waals surface area contributed by atoms with Crippen LogP contribution in [0, 0.1) is 5.92 Å². The molecule has 0 bridgehead atoms. The van der Waals surface area contributed by atoms with Gasteiger partial charge in [-0.3, -0.25) is 14.7 Å². The highest BCUT2D eigenvalue weighted by atomic mass is 19.1. The summed E-state index contributed by atoms with van der Waals surface area (Å²) >= 11 is 0. The van der Waals surface area contributed by atoms with Crippen molar-refractivity contribution in [3.8, 4) is 0 Å². The normalized spacial score (nSPS) is 31.4. The minimum Gasteiger partial charge on any atom is -0.301 e. The fourth-order valence-electron chi connectivity index (χ4n) is 5.34. The Kier molecular flexibility index (Phi) is 7.11. The van der Waals surface area contributed by atoms with Gasteiger partial charge >= 0.3 is 0 Å². The maximum atomic E-state index is 14.9. The summed E-state index contributed by atoms with van der Waals surface area (Å²) in [7, 11) is 0. The first kappa shape index (κ1) is 22.5. The van der Waals surface area contributed by atoms with Gasteiger partial charge in [-0.25, -0.2) is 4.39 Å². The van der Waals surface area contributed by atoms with Crippen molar-refractivity contribution in [1.82, 2.24) is 19.6 Å². The molecule has 0 amide bonds. The molecule has 0 N–H and O–H groups in total. The van der Waals surface area contributed by atoms with Crippen molar-refractivity contribution in [3.05, 3.63) is 0 Å². The first-order valence-corrected chi connectivity index (χ1v) is 11.6. The second kappa shape index (κ2) is 8.87. The van der Waals surface area contributed by atoms with Crippen LogP contribution >= 0.6 is 0 Å². The van der Waals surface area contributed by atoms with E-state index >= 15 is 0 Å². The third kappa shape index (κ3) is 5.68. The SMILES string of the molecule is CC(C)(C)N1CCC(CN2CCN(C3CCN(C(C)(C)C)CC3F)CC2)CC1. The van der Waals surface area contributed by atoms with Gasteiger partial charge in [-0.05, 0) is 79.8 Å². The maximum Gasteiger partial charge on any atom is 0.128 e. The van der Waals surface area contributed by atoms with Crippen molar-refractivity contribution in [2.75, 3.05) is 58.9 Å². The molecule has 3 fully saturated rings. The van der Waals surface area contributed by atoms with Gasteiger partial charge in [-0.2, -0.15) is 0 Å². The minimum absolute atomic E-state index is 0.0799.